The van der Waals surface area contributed by atoms with Crippen molar-refractivity contribution in [2.24, 2.45) is 0 Å². The van der Waals surface area contributed by atoms with E-state index < -0.39 is 0 Å². The van der Waals surface area contributed by atoms with E-state index in [1.807, 2.05) is 12.1 Å². The highest BCUT2D eigenvalue weighted by Gasteiger charge is 2.07. The molecule has 0 radical (unpaired) electrons. The molecular formula is C12H19ClN2O. The predicted molar refractivity (Wildman–Crippen MR) is 68.5 cm³/mol. The standard InChI is InChI=1S/C12H19ClN2O/c1-2-5-15(6-7-16)9-10-3-4-11(14)8-12(10)13/h3-4,8,16H,2,5-7,9,14H2,1H3. The summed E-state index contributed by atoms with van der Waals surface area (Å²) in [5.41, 5.74) is 7.37. The summed E-state index contributed by atoms with van der Waals surface area (Å²) in [6, 6.07) is 5.56. The van der Waals surface area contributed by atoms with Gasteiger partial charge in [-0.2, -0.15) is 0 Å². The summed E-state index contributed by atoms with van der Waals surface area (Å²) in [6.45, 7) is 4.69. The number of aliphatic hydroxyl groups is 1. The minimum atomic E-state index is 0.173. The first-order valence-electron chi connectivity index (χ1n) is 5.54. The third kappa shape index (κ3) is 4.00. The van der Waals surface area contributed by atoms with Gasteiger partial charge >= 0.3 is 0 Å². The molecule has 90 valence electrons. The molecule has 0 saturated heterocycles. The first kappa shape index (κ1) is 13.3. The number of halogens is 1. The van der Waals surface area contributed by atoms with Gasteiger partial charge in [-0.05, 0) is 30.7 Å². The molecule has 1 aromatic rings. The van der Waals surface area contributed by atoms with E-state index in [1.54, 1.807) is 6.07 Å². The number of aliphatic hydroxyl groups excluding tert-OH is 1. The van der Waals surface area contributed by atoms with Crippen LogP contribution in [0.3, 0.4) is 0 Å². The van der Waals surface area contributed by atoms with E-state index in [2.05, 4.69) is 11.8 Å². The van der Waals surface area contributed by atoms with Crippen molar-refractivity contribution in [3.05, 3.63) is 28.8 Å². The molecule has 0 fully saturated rings. The molecule has 3 N–H and O–H groups in total. The summed E-state index contributed by atoms with van der Waals surface area (Å²) in [6.07, 6.45) is 1.06. The lowest BCUT2D eigenvalue weighted by molar-refractivity contribution is 0.190. The van der Waals surface area contributed by atoms with E-state index in [9.17, 15) is 0 Å². The highest BCUT2D eigenvalue weighted by atomic mass is 35.5. The molecule has 0 aromatic heterocycles. The van der Waals surface area contributed by atoms with E-state index >= 15 is 0 Å². The SMILES string of the molecule is CCCN(CCO)Cc1ccc(N)cc1Cl. The summed E-state index contributed by atoms with van der Waals surface area (Å²) < 4.78 is 0. The van der Waals surface area contributed by atoms with Crippen molar-refractivity contribution < 1.29 is 5.11 Å². The van der Waals surface area contributed by atoms with Crippen molar-refractivity contribution in [2.45, 2.75) is 19.9 Å². The van der Waals surface area contributed by atoms with Crippen LogP contribution in [0.2, 0.25) is 5.02 Å². The molecule has 0 atom stereocenters. The molecule has 16 heavy (non-hydrogen) atoms. The molecule has 0 aliphatic carbocycles. The van der Waals surface area contributed by atoms with Crippen LogP contribution in [0.25, 0.3) is 0 Å². The Morgan fingerprint density at radius 3 is 2.69 bits per heavy atom. The van der Waals surface area contributed by atoms with E-state index in [-0.39, 0.29) is 6.61 Å². The van der Waals surface area contributed by atoms with Gasteiger partial charge in [-0.15, -0.1) is 0 Å². The second kappa shape index (κ2) is 6.74. The molecule has 1 rings (SSSR count). The molecule has 0 amide bonds. The van der Waals surface area contributed by atoms with Crippen LogP contribution in [0.5, 0.6) is 0 Å². The Morgan fingerprint density at radius 1 is 1.38 bits per heavy atom. The highest BCUT2D eigenvalue weighted by Crippen LogP contribution is 2.20. The fraction of sp³-hybridized carbons (Fsp3) is 0.500. The zero-order valence-electron chi connectivity index (χ0n) is 9.62. The zero-order chi connectivity index (χ0) is 12.0. The van der Waals surface area contributed by atoms with Crippen molar-refractivity contribution in [1.29, 1.82) is 0 Å². The van der Waals surface area contributed by atoms with Crippen LogP contribution in [0.15, 0.2) is 18.2 Å². The van der Waals surface area contributed by atoms with Crippen LogP contribution in [0.4, 0.5) is 5.69 Å². The molecule has 0 aliphatic heterocycles. The Balaban J connectivity index is 2.68. The lowest BCUT2D eigenvalue weighted by Gasteiger charge is -2.21. The fourth-order valence-electron chi connectivity index (χ4n) is 1.66. The van der Waals surface area contributed by atoms with Crippen LogP contribution >= 0.6 is 11.6 Å². The number of anilines is 1. The lowest BCUT2D eigenvalue weighted by Crippen LogP contribution is -2.27. The summed E-state index contributed by atoms with van der Waals surface area (Å²) in [5, 5.41) is 9.65. The van der Waals surface area contributed by atoms with Gasteiger partial charge in [-0.25, -0.2) is 0 Å². The summed E-state index contributed by atoms with van der Waals surface area (Å²) in [5.74, 6) is 0. The fourth-order valence-corrected chi connectivity index (χ4v) is 1.91. The van der Waals surface area contributed by atoms with Gasteiger partial charge in [0.25, 0.3) is 0 Å². The largest absolute Gasteiger partial charge is 0.399 e. The number of hydrogen-bond acceptors (Lipinski definition) is 3. The Labute approximate surface area is 102 Å². The minimum Gasteiger partial charge on any atom is -0.399 e. The Hall–Kier alpha value is -0.770. The topological polar surface area (TPSA) is 49.5 Å². The Morgan fingerprint density at radius 2 is 2.12 bits per heavy atom. The minimum absolute atomic E-state index is 0.173. The second-order valence-corrected chi connectivity index (χ2v) is 4.26. The Kier molecular flexibility index (Phi) is 5.60. The first-order valence-corrected chi connectivity index (χ1v) is 5.92. The quantitative estimate of drug-likeness (QED) is 0.752. The first-order chi connectivity index (χ1) is 7.67. The number of benzene rings is 1. The van der Waals surface area contributed by atoms with Crippen LogP contribution in [0, 0.1) is 0 Å². The normalized spacial score (nSPS) is 11.0. The monoisotopic (exact) mass is 242 g/mol. The molecule has 0 heterocycles. The second-order valence-electron chi connectivity index (χ2n) is 3.85. The van der Waals surface area contributed by atoms with E-state index in [1.165, 1.54) is 0 Å². The van der Waals surface area contributed by atoms with Gasteiger partial charge in [0, 0.05) is 23.8 Å². The number of rotatable bonds is 6. The number of hydrogen-bond donors (Lipinski definition) is 2. The van der Waals surface area contributed by atoms with Crippen molar-refractivity contribution in [2.75, 3.05) is 25.4 Å². The van der Waals surface area contributed by atoms with Gasteiger partial charge in [-0.3, -0.25) is 4.90 Å². The molecular weight excluding hydrogens is 224 g/mol. The van der Waals surface area contributed by atoms with Gasteiger partial charge in [0.15, 0.2) is 0 Å². The Bertz CT molecular complexity index is 325. The average Bonchev–Trinajstić information content (AvgIpc) is 2.23. The average molecular weight is 243 g/mol. The third-order valence-corrected chi connectivity index (χ3v) is 2.78. The molecule has 0 saturated carbocycles. The maximum absolute atomic E-state index is 8.96. The summed E-state index contributed by atoms with van der Waals surface area (Å²) in [7, 11) is 0. The van der Waals surface area contributed by atoms with E-state index in [0.29, 0.717) is 17.3 Å². The highest BCUT2D eigenvalue weighted by molar-refractivity contribution is 6.31. The van der Waals surface area contributed by atoms with Crippen LogP contribution in [0.1, 0.15) is 18.9 Å². The zero-order valence-corrected chi connectivity index (χ0v) is 10.4. The van der Waals surface area contributed by atoms with Gasteiger partial charge < -0.3 is 10.8 Å². The number of nitrogens with zero attached hydrogens (tertiary/aromatic N) is 1. The van der Waals surface area contributed by atoms with E-state index in [4.69, 9.17) is 22.4 Å². The van der Waals surface area contributed by atoms with Crippen molar-refractivity contribution in [1.82, 2.24) is 4.90 Å². The summed E-state index contributed by atoms with van der Waals surface area (Å²) in [4.78, 5) is 2.18. The molecule has 1 aromatic carbocycles. The maximum Gasteiger partial charge on any atom is 0.0558 e. The van der Waals surface area contributed by atoms with Gasteiger partial charge in [0.2, 0.25) is 0 Å². The number of nitrogens with two attached hydrogens (primary N) is 1. The van der Waals surface area contributed by atoms with Gasteiger partial charge in [0.1, 0.15) is 0 Å². The van der Waals surface area contributed by atoms with Gasteiger partial charge in [-0.1, -0.05) is 24.6 Å². The molecule has 0 aliphatic rings. The lowest BCUT2D eigenvalue weighted by atomic mass is 10.2. The molecule has 0 bridgehead atoms. The van der Waals surface area contributed by atoms with Gasteiger partial charge in [0.05, 0.1) is 6.61 Å². The van der Waals surface area contributed by atoms with Crippen molar-refractivity contribution in [3.8, 4) is 0 Å². The molecule has 0 unspecified atom stereocenters. The number of nitrogen functional groups attached to an aromatic ring is 1. The molecule has 4 heteroatoms. The summed E-state index contributed by atoms with van der Waals surface area (Å²) >= 11 is 6.10. The molecule has 3 nitrogen and oxygen atoms in total. The van der Waals surface area contributed by atoms with Crippen LogP contribution < -0.4 is 5.73 Å². The van der Waals surface area contributed by atoms with Crippen molar-refractivity contribution in [3.63, 3.8) is 0 Å². The smallest absolute Gasteiger partial charge is 0.0558 e. The van der Waals surface area contributed by atoms with Crippen molar-refractivity contribution >= 4 is 17.3 Å². The maximum atomic E-state index is 8.96. The van der Waals surface area contributed by atoms with E-state index in [0.717, 1.165) is 25.1 Å². The van der Waals surface area contributed by atoms with Crippen LogP contribution in [-0.2, 0) is 6.54 Å². The predicted octanol–water partition coefficient (Wildman–Crippen LogP) is 2.13. The van der Waals surface area contributed by atoms with Crippen LogP contribution in [-0.4, -0.2) is 29.7 Å². The molecule has 0 spiro atoms. The third-order valence-electron chi connectivity index (χ3n) is 2.43.